The maximum atomic E-state index is 5.80. The summed E-state index contributed by atoms with van der Waals surface area (Å²) in [5.74, 6) is 1.63. The number of hydrogen-bond acceptors (Lipinski definition) is 4. The second kappa shape index (κ2) is 4.04. The number of hydrogen-bond donors (Lipinski definition) is 1. The van der Waals surface area contributed by atoms with Crippen molar-refractivity contribution < 1.29 is 4.52 Å². The molecule has 0 saturated heterocycles. The van der Waals surface area contributed by atoms with E-state index in [1.165, 1.54) is 0 Å². The predicted octanol–water partition coefficient (Wildman–Crippen LogP) is 2.00. The summed E-state index contributed by atoms with van der Waals surface area (Å²) in [5.41, 5.74) is 6.65. The lowest BCUT2D eigenvalue weighted by molar-refractivity contribution is 0.270. The van der Waals surface area contributed by atoms with Crippen molar-refractivity contribution in [1.29, 1.82) is 0 Å². The molecule has 0 bridgehead atoms. The van der Waals surface area contributed by atoms with Gasteiger partial charge in [0.1, 0.15) is 0 Å². The van der Waals surface area contributed by atoms with Crippen molar-refractivity contribution in [2.75, 3.05) is 18.5 Å². The minimum Gasteiger partial charge on any atom is -0.356 e. The van der Waals surface area contributed by atoms with Gasteiger partial charge in [-0.25, -0.2) is 0 Å². The number of aromatic nitrogens is 1. The van der Waals surface area contributed by atoms with Crippen LogP contribution in [0.1, 0.15) is 12.8 Å². The number of para-hydroxylation sites is 1. The quantitative estimate of drug-likeness (QED) is 0.877. The first-order valence-corrected chi connectivity index (χ1v) is 6.05. The van der Waals surface area contributed by atoms with Gasteiger partial charge in [-0.1, -0.05) is 17.3 Å². The van der Waals surface area contributed by atoms with Gasteiger partial charge in [0.2, 0.25) is 0 Å². The molecule has 1 aliphatic carbocycles. The molecule has 0 aliphatic heterocycles. The molecule has 0 spiro atoms. The lowest BCUT2D eigenvalue weighted by Crippen LogP contribution is -2.42. The number of fused-ring (bicyclic) bond motifs is 1. The van der Waals surface area contributed by atoms with E-state index in [4.69, 9.17) is 10.3 Å². The minimum absolute atomic E-state index is 0.405. The fourth-order valence-corrected chi connectivity index (χ4v) is 2.56. The van der Waals surface area contributed by atoms with E-state index in [2.05, 4.69) is 17.1 Å². The molecule has 0 atom stereocenters. The summed E-state index contributed by atoms with van der Waals surface area (Å²) >= 11 is 0. The zero-order chi connectivity index (χ0) is 11.8. The smallest absolute Gasteiger partial charge is 0.179 e. The van der Waals surface area contributed by atoms with Crippen LogP contribution in [-0.2, 0) is 0 Å². The van der Waals surface area contributed by atoms with E-state index < -0.39 is 0 Å². The van der Waals surface area contributed by atoms with Gasteiger partial charge in [-0.3, -0.25) is 0 Å². The third kappa shape index (κ3) is 1.89. The van der Waals surface area contributed by atoms with Crippen molar-refractivity contribution in [2.45, 2.75) is 18.9 Å². The van der Waals surface area contributed by atoms with E-state index in [0.717, 1.165) is 36.2 Å². The molecule has 0 amide bonds. The molecule has 4 heteroatoms. The molecule has 3 rings (SSSR count). The molecule has 17 heavy (non-hydrogen) atoms. The summed E-state index contributed by atoms with van der Waals surface area (Å²) in [6.45, 7) is 1.00. The van der Waals surface area contributed by atoms with Crippen LogP contribution >= 0.6 is 0 Å². The third-order valence-corrected chi connectivity index (χ3v) is 3.52. The van der Waals surface area contributed by atoms with Gasteiger partial charge in [0, 0.05) is 19.6 Å². The molecule has 1 aliphatic rings. The highest BCUT2D eigenvalue weighted by Gasteiger charge is 2.27. The van der Waals surface area contributed by atoms with Crippen molar-refractivity contribution in [3.8, 4) is 0 Å². The zero-order valence-corrected chi connectivity index (χ0v) is 9.97. The molecule has 0 unspecified atom stereocenters. The van der Waals surface area contributed by atoms with Crippen LogP contribution in [0.2, 0.25) is 0 Å². The number of rotatable bonds is 3. The Morgan fingerprint density at radius 2 is 2.18 bits per heavy atom. The van der Waals surface area contributed by atoms with Crippen molar-refractivity contribution in [3.05, 3.63) is 24.3 Å². The van der Waals surface area contributed by atoms with E-state index in [-0.39, 0.29) is 0 Å². The van der Waals surface area contributed by atoms with E-state index in [9.17, 15) is 0 Å². The molecule has 1 saturated carbocycles. The summed E-state index contributed by atoms with van der Waals surface area (Å²) in [6.07, 6.45) is 2.25. The molecule has 4 nitrogen and oxygen atoms in total. The standard InChI is InChI=1S/C13H17N3O/c1-16(8-9-6-10(14)7-9)13-11-4-2-3-5-12(11)17-15-13/h2-5,9-10H,6-8,14H2,1H3. The highest BCUT2D eigenvalue weighted by molar-refractivity contribution is 5.88. The van der Waals surface area contributed by atoms with Crippen molar-refractivity contribution in [1.82, 2.24) is 5.16 Å². The Hall–Kier alpha value is -1.55. The Morgan fingerprint density at radius 1 is 1.41 bits per heavy atom. The average Bonchev–Trinajstić information content (AvgIpc) is 2.70. The summed E-state index contributed by atoms with van der Waals surface area (Å²) in [4.78, 5) is 2.17. The Kier molecular flexibility index (Phi) is 2.52. The lowest BCUT2D eigenvalue weighted by Gasteiger charge is -2.35. The molecular weight excluding hydrogens is 214 g/mol. The second-order valence-corrected chi connectivity index (χ2v) is 4.98. The fraction of sp³-hybridized carbons (Fsp3) is 0.462. The summed E-state index contributed by atoms with van der Waals surface area (Å²) < 4.78 is 5.31. The summed E-state index contributed by atoms with van der Waals surface area (Å²) in [6, 6.07) is 8.36. The van der Waals surface area contributed by atoms with Gasteiger partial charge in [-0.15, -0.1) is 0 Å². The Labute approximate surface area is 100 Å². The highest BCUT2D eigenvalue weighted by Crippen LogP contribution is 2.30. The molecule has 90 valence electrons. The molecular formula is C13H17N3O. The first-order chi connectivity index (χ1) is 8.24. The second-order valence-electron chi connectivity index (χ2n) is 4.98. The lowest BCUT2D eigenvalue weighted by atomic mass is 9.80. The molecule has 2 aromatic rings. The maximum absolute atomic E-state index is 5.80. The van der Waals surface area contributed by atoms with Crippen molar-refractivity contribution in [2.24, 2.45) is 11.7 Å². The molecule has 1 aromatic heterocycles. The first-order valence-electron chi connectivity index (χ1n) is 6.05. The van der Waals surface area contributed by atoms with Crippen LogP contribution in [0.5, 0.6) is 0 Å². The van der Waals surface area contributed by atoms with Gasteiger partial charge < -0.3 is 15.2 Å². The van der Waals surface area contributed by atoms with E-state index in [0.29, 0.717) is 12.0 Å². The monoisotopic (exact) mass is 231 g/mol. The SMILES string of the molecule is CN(CC1CC(N)C1)c1noc2ccccc12. The van der Waals surface area contributed by atoms with Crippen LogP contribution in [0.4, 0.5) is 5.82 Å². The maximum Gasteiger partial charge on any atom is 0.179 e. The van der Waals surface area contributed by atoms with Crippen LogP contribution in [0, 0.1) is 5.92 Å². The van der Waals surface area contributed by atoms with Gasteiger partial charge in [-0.05, 0) is 30.9 Å². The Balaban J connectivity index is 1.78. The average molecular weight is 231 g/mol. The summed E-state index contributed by atoms with van der Waals surface area (Å²) in [7, 11) is 2.06. The van der Waals surface area contributed by atoms with Crippen LogP contribution in [0.15, 0.2) is 28.8 Å². The zero-order valence-electron chi connectivity index (χ0n) is 9.97. The molecule has 1 aromatic carbocycles. The number of nitrogens with zero attached hydrogens (tertiary/aromatic N) is 2. The normalized spacial score (nSPS) is 23.6. The first kappa shape index (κ1) is 10.6. The predicted molar refractivity (Wildman–Crippen MR) is 68.0 cm³/mol. The molecule has 1 heterocycles. The number of anilines is 1. The van der Waals surface area contributed by atoms with Gasteiger partial charge in [0.15, 0.2) is 11.4 Å². The van der Waals surface area contributed by atoms with Crippen LogP contribution in [-0.4, -0.2) is 24.8 Å². The van der Waals surface area contributed by atoms with E-state index in [1.54, 1.807) is 0 Å². The van der Waals surface area contributed by atoms with Gasteiger partial charge in [0.25, 0.3) is 0 Å². The van der Waals surface area contributed by atoms with Gasteiger partial charge in [-0.2, -0.15) is 0 Å². The largest absolute Gasteiger partial charge is 0.356 e. The number of benzene rings is 1. The summed E-state index contributed by atoms with van der Waals surface area (Å²) in [5, 5.41) is 5.23. The minimum atomic E-state index is 0.405. The molecule has 1 fully saturated rings. The van der Waals surface area contributed by atoms with Gasteiger partial charge >= 0.3 is 0 Å². The third-order valence-electron chi connectivity index (χ3n) is 3.52. The Morgan fingerprint density at radius 3 is 2.94 bits per heavy atom. The van der Waals surface area contributed by atoms with Crippen LogP contribution in [0.25, 0.3) is 11.0 Å². The van der Waals surface area contributed by atoms with Crippen molar-refractivity contribution in [3.63, 3.8) is 0 Å². The number of nitrogens with two attached hydrogens (primary N) is 1. The van der Waals surface area contributed by atoms with E-state index >= 15 is 0 Å². The van der Waals surface area contributed by atoms with Gasteiger partial charge in [0.05, 0.1) is 5.39 Å². The Bertz CT molecular complexity index is 516. The van der Waals surface area contributed by atoms with Crippen molar-refractivity contribution >= 4 is 16.8 Å². The topological polar surface area (TPSA) is 55.3 Å². The fourth-order valence-electron chi connectivity index (χ4n) is 2.56. The molecule has 0 radical (unpaired) electrons. The van der Waals surface area contributed by atoms with Crippen LogP contribution < -0.4 is 10.6 Å². The highest BCUT2D eigenvalue weighted by atomic mass is 16.5. The van der Waals surface area contributed by atoms with E-state index in [1.807, 2.05) is 24.3 Å². The van der Waals surface area contributed by atoms with Crippen LogP contribution in [0.3, 0.4) is 0 Å². The molecule has 2 N–H and O–H groups in total.